The van der Waals surface area contributed by atoms with E-state index in [1.807, 2.05) is 35.2 Å². The lowest BCUT2D eigenvalue weighted by atomic mass is 10.1. The number of nitrogens with two attached hydrogens (primary N) is 2. The van der Waals surface area contributed by atoms with E-state index in [-0.39, 0.29) is 12.1 Å². The van der Waals surface area contributed by atoms with Crippen LogP contribution in [0.3, 0.4) is 0 Å². The minimum atomic E-state index is -3.67. The maximum Gasteiger partial charge on any atom is 0.410 e. The second-order valence-electron chi connectivity index (χ2n) is 6.09. The van der Waals surface area contributed by atoms with Crippen LogP contribution in [0, 0.1) is 0 Å². The molecule has 156 valence electrons. The van der Waals surface area contributed by atoms with Gasteiger partial charge >= 0.3 is 6.09 Å². The van der Waals surface area contributed by atoms with Gasteiger partial charge in [-0.25, -0.2) is 4.79 Å². The van der Waals surface area contributed by atoms with Gasteiger partial charge in [-0.1, -0.05) is 0 Å². The number of hydrogen-bond donors (Lipinski definition) is 3. The van der Waals surface area contributed by atoms with Gasteiger partial charge in [-0.2, -0.15) is 13.4 Å². The molecule has 1 aromatic heterocycles. The molecule has 0 unspecified atom stereocenters. The first-order valence-corrected chi connectivity index (χ1v) is 10.1. The summed E-state index contributed by atoms with van der Waals surface area (Å²) in [5, 5.41) is 0. The molecule has 0 bridgehead atoms. The van der Waals surface area contributed by atoms with E-state index in [4.69, 9.17) is 20.8 Å². The Morgan fingerprint density at radius 1 is 1.24 bits per heavy atom. The SMILES string of the molecule is CS(=O)(=O)O.NC(N)=NC(=O)c1cc(CN2CCOC2=O)cc(-n2cccc2)c1. The highest BCUT2D eigenvalue weighted by atomic mass is 32.2. The van der Waals surface area contributed by atoms with Crippen LogP contribution < -0.4 is 11.5 Å². The van der Waals surface area contributed by atoms with Gasteiger partial charge in [0.1, 0.15) is 6.61 Å². The smallest absolute Gasteiger partial charge is 0.410 e. The van der Waals surface area contributed by atoms with Crippen molar-refractivity contribution in [3.05, 3.63) is 53.9 Å². The van der Waals surface area contributed by atoms with E-state index in [0.29, 0.717) is 31.5 Å². The maximum absolute atomic E-state index is 12.2. The highest BCUT2D eigenvalue weighted by Gasteiger charge is 2.22. The molecule has 0 spiro atoms. The van der Waals surface area contributed by atoms with Crippen LogP contribution in [0.4, 0.5) is 4.79 Å². The van der Waals surface area contributed by atoms with Crippen LogP contribution in [0.1, 0.15) is 15.9 Å². The van der Waals surface area contributed by atoms with Crippen LogP contribution in [0.25, 0.3) is 5.69 Å². The molecule has 1 aromatic carbocycles. The molecule has 0 saturated carbocycles. The van der Waals surface area contributed by atoms with Crippen LogP contribution in [-0.4, -0.2) is 59.8 Å². The Bertz CT molecular complexity index is 1000. The van der Waals surface area contributed by atoms with Gasteiger partial charge in [-0.3, -0.25) is 9.35 Å². The van der Waals surface area contributed by atoms with Crippen LogP contribution in [0.5, 0.6) is 0 Å². The normalized spacial score (nSPS) is 13.3. The Labute approximate surface area is 167 Å². The topological polar surface area (TPSA) is 170 Å². The van der Waals surface area contributed by atoms with Gasteiger partial charge in [0, 0.05) is 30.2 Å². The van der Waals surface area contributed by atoms with Crippen LogP contribution in [-0.2, 0) is 21.4 Å². The van der Waals surface area contributed by atoms with E-state index in [2.05, 4.69) is 4.99 Å². The number of carbonyl (C=O) groups is 2. The standard InChI is InChI=1S/C16H17N5O3.CH4O3S/c17-15(18)19-14(22)12-7-11(10-21-5-6-24-16(21)23)8-13(9-12)20-3-1-2-4-20;1-5(2,3)4/h1-4,7-9H,5-6,10H2,(H4,17,18,19,22);1H3,(H,2,3,4). The summed E-state index contributed by atoms with van der Waals surface area (Å²) in [7, 11) is -3.67. The second-order valence-corrected chi connectivity index (χ2v) is 7.56. The first kappa shape index (κ1) is 21.9. The molecule has 1 fully saturated rings. The number of nitrogens with zero attached hydrogens (tertiary/aromatic N) is 3. The lowest BCUT2D eigenvalue weighted by Crippen LogP contribution is -2.25. The molecule has 0 atom stereocenters. The third kappa shape index (κ3) is 7.27. The summed E-state index contributed by atoms with van der Waals surface area (Å²) in [6, 6.07) is 9.02. The van der Waals surface area contributed by atoms with E-state index < -0.39 is 16.0 Å². The average molecular weight is 423 g/mol. The van der Waals surface area contributed by atoms with Crippen molar-refractivity contribution in [3.63, 3.8) is 0 Å². The minimum absolute atomic E-state index is 0.295. The molecule has 0 radical (unpaired) electrons. The highest BCUT2D eigenvalue weighted by Crippen LogP contribution is 2.19. The summed E-state index contributed by atoms with van der Waals surface area (Å²) in [6.45, 7) is 1.23. The molecule has 5 N–H and O–H groups in total. The predicted octanol–water partition coefficient (Wildman–Crippen LogP) is 0.347. The fourth-order valence-electron chi connectivity index (χ4n) is 2.52. The molecule has 12 heteroatoms. The Morgan fingerprint density at radius 3 is 2.38 bits per heavy atom. The molecule has 2 amide bonds. The van der Waals surface area contributed by atoms with Crippen molar-refractivity contribution in [1.29, 1.82) is 0 Å². The summed E-state index contributed by atoms with van der Waals surface area (Å²) in [4.78, 5) is 29.0. The number of hydrogen-bond acceptors (Lipinski definition) is 5. The molecule has 3 rings (SSSR count). The van der Waals surface area contributed by atoms with Crippen LogP contribution in [0.2, 0.25) is 0 Å². The lowest BCUT2D eigenvalue weighted by molar-refractivity contribution is 0.100. The largest absolute Gasteiger partial charge is 0.448 e. The predicted molar refractivity (Wildman–Crippen MR) is 105 cm³/mol. The molecule has 1 aliphatic heterocycles. The number of guanidine groups is 1. The van der Waals surface area contributed by atoms with Crippen molar-refractivity contribution in [2.45, 2.75) is 6.54 Å². The fraction of sp³-hybridized carbons (Fsp3) is 0.235. The summed E-state index contributed by atoms with van der Waals surface area (Å²) in [6.07, 6.45) is 4.07. The number of carbonyl (C=O) groups excluding carboxylic acids is 2. The molecular weight excluding hydrogens is 402 g/mol. The number of aromatic nitrogens is 1. The Balaban J connectivity index is 0.000000537. The molecular formula is C17H21N5O6S. The lowest BCUT2D eigenvalue weighted by Gasteiger charge is -2.15. The maximum atomic E-state index is 12.2. The second kappa shape index (κ2) is 9.21. The first-order chi connectivity index (χ1) is 13.5. The number of cyclic esters (lactones) is 1. The van der Waals surface area contributed by atoms with Gasteiger partial charge in [-0.15, -0.1) is 0 Å². The van der Waals surface area contributed by atoms with Crippen LogP contribution in [0.15, 0.2) is 47.7 Å². The Morgan fingerprint density at radius 2 is 1.86 bits per heavy atom. The summed E-state index contributed by atoms with van der Waals surface area (Å²) in [5.74, 6) is -0.828. The van der Waals surface area contributed by atoms with Gasteiger partial charge < -0.3 is 25.7 Å². The Hall–Kier alpha value is -3.38. The monoisotopic (exact) mass is 423 g/mol. The van der Waals surface area contributed by atoms with Crippen molar-refractivity contribution >= 4 is 28.1 Å². The first-order valence-electron chi connectivity index (χ1n) is 8.28. The van der Waals surface area contributed by atoms with Crippen molar-refractivity contribution in [2.24, 2.45) is 16.5 Å². The van der Waals surface area contributed by atoms with E-state index in [0.717, 1.165) is 11.3 Å². The van der Waals surface area contributed by atoms with Crippen molar-refractivity contribution < 1.29 is 27.3 Å². The van der Waals surface area contributed by atoms with Crippen molar-refractivity contribution in [3.8, 4) is 5.69 Å². The number of amides is 2. The van der Waals surface area contributed by atoms with Crippen molar-refractivity contribution in [1.82, 2.24) is 9.47 Å². The summed E-state index contributed by atoms with van der Waals surface area (Å²) < 4.78 is 32.7. The van der Waals surface area contributed by atoms with E-state index >= 15 is 0 Å². The average Bonchev–Trinajstić information content (AvgIpc) is 3.25. The molecule has 0 aliphatic carbocycles. The summed E-state index contributed by atoms with van der Waals surface area (Å²) in [5.41, 5.74) is 12.5. The number of ether oxygens (including phenoxy) is 1. The quantitative estimate of drug-likeness (QED) is 0.359. The number of benzene rings is 1. The van der Waals surface area contributed by atoms with E-state index in [1.165, 1.54) is 0 Å². The van der Waals surface area contributed by atoms with Gasteiger partial charge in [-0.05, 0) is 35.9 Å². The zero-order valence-electron chi connectivity index (χ0n) is 15.6. The van der Waals surface area contributed by atoms with Crippen LogP contribution >= 0.6 is 0 Å². The Kier molecular flexibility index (Phi) is 6.96. The minimum Gasteiger partial charge on any atom is -0.448 e. The molecule has 1 saturated heterocycles. The van der Waals surface area contributed by atoms with E-state index in [9.17, 15) is 18.0 Å². The third-order valence-corrected chi connectivity index (χ3v) is 3.58. The highest BCUT2D eigenvalue weighted by molar-refractivity contribution is 7.85. The summed E-state index contributed by atoms with van der Waals surface area (Å²) >= 11 is 0. The number of aliphatic imine (C=N–C) groups is 1. The molecule has 1 aliphatic rings. The third-order valence-electron chi connectivity index (χ3n) is 3.58. The zero-order chi connectivity index (χ0) is 21.6. The molecule has 29 heavy (non-hydrogen) atoms. The molecule has 11 nitrogen and oxygen atoms in total. The number of rotatable bonds is 4. The molecule has 2 aromatic rings. The van der Waals surface area contributed by atoms with Crippen molar-refractivity contribution in [2.75, 3.05) is 19.4 Å². The van der Waals surface area contributed by atoms with Gasteiger partial charge in [0.25, 0.3) is 16.0 Å². The fourth-order valence-corrected chi connectivity index (χ4v) is 2.52. The van der Waals surface area contributed by atoms with Gasteiger partial charge in [0.15, 0.2) is 5.96 Å². The van der Waals surface area contributed by atoms with Gasteiger partial charge in [0.2, 0.25) is 0 Å². The molecule has 2 heterocycles. The van der Waals surface area contributed by atoms with E-state index in [1.54, 1.807) is 17.0 Å². The van der Waals surface area contributed by atoms with Gasteiger partial charge in [0.05, 0.1) is 12.8 Å². The zero-order valence-corrected chi connectivity index (χ0v) is 16.4.